The van der Waals surface area contributed by atoms with Crippen LogP contribution in [0, 0.1) is 0 Å². The fraction of sp³-hybridized carbons (Fsp3) is 0.278. The number of ether oxygens (including phenoxy) is 1. The molecule has 1 aliphatic rings. The van der Waals surface area contributed by atoms with Crippen molar-refractivity contribution in [2.24, 2.45) is 10.7 Å². The fourth-order valence-electron chi connectivity index (χ4n) is 2.72. The molecule has 0 fully saturated rings. The number of aliphatic hydroxyl groups is 1. The van der Waals surface area contributed by atoms with Crippen molar-refractivity contribution in [3.05, 3.63) is 64.7 Å². The second-order valence-corrected chi connectivity index (χ2v) is 6.11. The van der Waals surface area contributed by atoms with Crippen LogP contribution in [-0.4, -0.2) is 24.2 Å². The summed E-state index contributed by atoms with van der Waals surface area (Å²) in [6, 6.07) is 15.0. The highest BCUT2D eigenvalue weighted by atomic mass is 35.5. The Morgan fingerprint density at radius 2 is 2.17 bits per heavy atom. The van der Waals surface area contributed by atoms with Gasteiger partial charge in [-0.2, -0.15) is 0 Å². The van der Waals surface area contributed by atoms with E-state index in [9.17, 15) is 5.11 Å². The maximum absolute atomic E-state index is 10.2. The number of aliphatic imine (C=N–C) groups is 1. The van der Waals surface area contributed by atoms with Gasteiger partial charge in [0.05, 0.1) is 25.3 Å². The van der Waals surface area contributed by atoms with E-state index in [0.717, 1.165) is 23.3 Å². The maximum atomic E-state index is 10.2. The van der Waals surface area contributed by atoms with E-state index in [-0.39, 0.29) is 12.6 Å². The molecule has 0 saturated carbocycles. The van der Waals surface area contributed by atoms with Crippen LogP contribution in [0.4, 0.5) is 0 Å². The largest absolute Gasteiger partial charge is 0.493 e. The first-order valence-electron chi connectivity index (χ1n) is 7.85. The second kappa shape index (κ2) is 7.55. The van der Waals surface area contributed by atoms with Gasteiger partial charge in [0, 0.05) is 17.0 Å². The third kappa shape index (κ3) is 3.99. The Morgan fingerprint density at radius 1 is 1.33 bits per heavy atom. The van der Waals surface area contributed by atoms with Gasteiger partial charge >= 0.3 is 0 Å². The van der Waals surface area contributed by atoms with E-state index in [2.05, 4.69) is 10.3 Å². The Morgan fingerprint density at radius 3 is 3.00 bits per heavy atom. The molecule has 2 aromatic carbocycles. The van der Waals surface area contributed by atoms with Gasteiger partial charge in [-0.15, -0.1) is 0 Å². The standard InChI is InChI=1S/C18H20ClN3O2/c19-13-5-3-4-12(10-13)16(23)11-21-18(20)22-15-8-9-24-17-7-2-1-6-14(15)17/h1-7,10,15-16,23H,8-9,11H2,(H3,20,21,22)/t15?,16-/m1/s1. The average molecular weight is 346 g/mol. The summed E-state index contributed by atoms with van der Waals surface area (Å²) in [7, 11) is 0. The van der Waals surface area contributed by atoms with Crippen molar-refractivity contribution in [1.29, 1.82) is 0 Å². The molecule has 3 rings (SSSR count). The molecule has 126 valence electrons. The smallest absolute Gasteiger partial charge is 0.189 e. The molecule has 0 radical (unpaired) electrons. The van der Waals surface area contributed by atoms with Crippen LogP contribution >= 0.6 is 11.6 Å². The SMILES string of the molecule is NC(=NC[C@@H](O)c1cccc(Cl)c1)NC1CCOc2ccccc21. The molecule has 1 heterocycles. The van der Waals surface area contributed by atoms with Gasteiger partial charge in [0.1, 0.15) is 5.75 Å². The molecule has 0 spiro atoms. The molecule has 1 unspecified atom stereocenters. The van der Waals surface area contributed by atoms with Gasteiger partial charge in [-0.3, -0.25) is 4.99 Å². The molecule has 0 bridgehead atoms. The lowest BCUT2D eigenvalue weighted by Crippen LogP contribution is -2.37. The van der Waals surface area contributed by atoms with Crippen molar-refractivity contribution >= 4 is 17.6 Å². The zero-order valence-corrected chi connectivity index (χ0v) is 13.9. The Kier molecular flexibility index (Phi) is 5.23. The lowest BCUT2D eigenvalue weighted by molar-refractivity contribution is 0.187. The van der Waals surface area contributed by atoms with Gasteiger partial charge in [-0.05, 0) is 23.8 Å². The Labute approximate surface area is 146 Å². The quantitative estimate of drug-likeness (QED) is 0.588. The molecule has 2 atom stereocenters. The van der Waals surface area contributed by atoms with Crippen LogP contribution in [-0.2, 0) is 0 Å². The van der Waals surface area contributed by atoms with Gasteiger partial charge in [0.25, 0.3) is 0 Å². The predicted molar refractivity (Wildman–Crippen MR) is 95.3 cm³/mol. The molecule has 0 saturated heterocycles. The highest BCUT2D eigenvalue weighted by Crippen LogP contribution is 2.31. The Hall–Kier alpha value is -2.24. The number of para-hydroxylation sites is 1. The van der Waals surface area contributed by atoms with Crippen LogP contribution in [0.5, 0.6) is 5.75 Å². The van der Waals surface area contributed by atoms with Crippen LogP contribution < -0.4 is 15.8 Å². The summed E-state index contributed by atoms with van der Waals surface area (Å²) in [5, 5.41) is 14.0. The Bertz CT molecular complexity index is 736. The first kappa shape index (κ1) is 16.6. The number of hydrogen-bond donors (Lipinski definition) is 3. The van der Waals surface area contributed by atoms with Crippen molar-refractivity contribution in [2.75, 3.05) is 13.2 Å². The first-order chi connectivity index (χ1) is 11.6. The van der Waals surface area contributed by atoms with Gasteiger partial charge < -0.3 is 20.9 Å². The number of aliphatic hydroxyl groups excluding tert-OH is 1. The average Bonchev–Trinajstić information content (AvgIpc) is 2.60. The minimum atomic E-state index is -0.744. The minimum Gasteiger partial charge on any atom is -0.493 e. The Balaban J connectivity index is 1.63. The normalized spacial score (nSPS) is 18.4. The van der Waals surface area contributed by atoms with Crippen molar-refractivity contribution in [3.63, 3.8) is 0 Å². The molecule has 0 aromatic heterocycles. The first-order valence-corrected chi connectivity index (χ1v) is 8.23. The third-order valence-corrected chi connectivity index (χ3v) is 4.18. The van der Waals surface area contributed by atoms with Gasteiger partial charge in [0.2, 0.25) is 0 Å². The summed E-state index contributed by atoms with van der Waals surface area (Å²) in [4.78, 5) is 4.25. The number of guanidine groups is 1. The molecular formula is C18H20ClN3O2. The molecule has 1 aliphatic heterocycles. The summed E-state index contributed by atoms with van der Waals surface area (Å²) in [6.07, 6.45) is 0.0652. The zero-order valence-electron chi connectivity index (χ0n) is 13.2. The van der Waals surface area contributed by atoms with Gasteiger partial charge in [0.15, 0.2) is 5.96 Å². The number of nitrogens with one attached hydrogen (secondary N) is 1. The molecule has 5 nitrogen and oxygen atoms in total. The maximum Gasteiger partial charge on any atom is 0.189 e. The molecule has 2 aromatic rings. The van der Waals surface area contributed by atoms with Crippen molar-refractivity contribution < 1.29 is 9.84 Å². The van der Waals surface area contributed by atoms with E-state index in [1.165, 1.54) is 0 Å². The fourth-order valence-corrected chi connectivity index (χ4v) is 2.92. The van der Waals surface area contributed by atoms with Crippen LogP contribution in [0.3, 0.4) is 0 Å². The van der Waals surface area contributed by atoms with Crippen LogP contribution in [0.2, 0.25) is 5.02 Å². The van der Waals surface area contributed by atoms with E-state index in [1.807, 2.05) is 30.3 Å². The van der Waals surface area contributed by atoms with E-state index < -0.39 is 6.10 Å². The van der Waals surface area contributed by atoms with Crippen LogP contribution in [0.25, 0.3) is 0 Å². The molecule has 6 heteroatoms. The van der Waals surface area contributed by atoms with E-state index >= 15 is 0 Å². The highest BCUT2D eigenvalue weighted by Gasteiger charge is 2.21. The predicted octanol–water partition coefficient (Wildman–Crippen LogP) is 2.80. The van der Waals surface area contributed by atoms with Gasteiger partial charge in [-0.25, -0.2) is 0 Å². The van der Waals surface area contributed by atoms with Crippen LogP contribution in [0.15, 0.2) is 53.5 Å². The number of fused-ring (bicyclic) bond motifs is 1. The summed E-state index contributed by atoms with van der Waals surface area (Å²) >= 11 is 5.93. The number of benzene rings is 2. The van der Waals surface area contributed by atoms with E-state index in [1.54, 1.807) is 18.2 Å². The van der Waals surface area contributed by atoms with Gasteiger partial charge in [-0.1, -0.05) is 41.9 Å². The second-order valence-electron chi connectivity index (χ2n) is 5.67. The number of hydrogen-bond acceptors (Lipinski definition) is 3. The molecule has 0 amide bonds. The van der Waals surface area contributed by atoms with Crippen molar-refractivity contribution in [3.8, 4) is 5.75 Å². The summed E-state index contributed by atoms with van der Waals surface area (Å²) in [6.45, 7) is 0.803. The lowest BCUT2D eigenvalue weighted by Gasteiger charge is -2.27. The van der Waals surface area contributed by atoms with E-state index in [0.29, 0.717) is 17.6 Å². The minimum absolute atomic E-state index is 0.0574. The molecule has 4 N–H and O–H groups in total. The van der Waals surface area contributed by atoms with E-state index in [4.69, 9.17) is 22.1 Å². The topological polar surface area (TPSA) is 79.9 Å². The summed E-state index contributed by atoms with van der Waals surface area (Å²) < 4.78 is 5.63. The monoisotopic (exact) mass is 345 g/mol. The number of nitrogens with zero attached hydrogens (tertiary/aromatic N) is 1. The number of rotatable bonds is 4. The molecule has 0 aliphatic carbocycles. The lowest BCUT2D eigenvalue weighted by atomic mass is 10.0. The number of nitrogens with two attached hydrogens (primary N) is 1. The van der Waals surface area contributed by atoms with Crippen LogP contribution in [0.1, 0.15) is 29.7 Å². The van der Waals surface area contributed by atoms with Crippen molar-refractivity contribution in [2.45, 2.75) is 18.6 Å². The zero-order chi connectivity index (χ0) is 16.9. The third-order valence-electron chi connectivity index (χ3n) is 3.95. The molecule has 24 heavy (non-hydrogen) atoms. The highest BCUT2D eigenvalue weighted by molar-refractivity contribution is 6.30. The summed E-state index contributed by atoms with van der Waals surface area (Å²) in [5.41, 5.74) is 7.76. The molecular weight excluding hydrogens is 326 g/mol. The summed E-state index contributed by atoms with van der Waals surface area (Å²) in [5.74, 6) is 1.17. The van der Waals surface area contributed by atoms with Crippen molar-refractivity contribution in [1.82, 2.24) is 5.32 Å². The number of halogens is 1.